The van der Waals surface area contributed by atoms with Gasteiger partial charge < -0.3 is 9.64 Å². The van der Waals surface area contributed by atoms with Crippen molar-refractivity contribution in [2.75, 3.05) is 27.3 Å². The first-order valence-corrected chi connectivity index (χ1v) is 8.46. The van der Waals surface area contributed by atoms with Gasteiger partial charge in [-0.1, -0.05) is 0 Å². The zero-order valence-corrected chi connectivity index (χ0v) is 13.8. The summed E-state index contributed by atoms with van der Waals surface area (Å²) in [5.74, 6) is -1.41. The van der Waals surface area contributed by atoms with Gasteiger partial charge in [0.2, 0.25) is 0 Å². The molecule has 0 saturated heterocycles. The summed E-state index contributed by atoms with van der Waals surface area (Å²) < 4.78 is 40.9. The number of methoxy groups -OCH3 is 1. The van der Waals surface area contributed by atoms with Crippen molar-refractivity contribution in [2.24, 2.45) is 0 Å². The van der Waals surface area contributed by atoms with Gasteiger partial charge in [0.05, 0.1) is 16.6 Å². The van der Waals surface area contributed by atoms with Gasteiger partial charge in [0, 0.05) is 31.4 Å². The molecule has 20 heavy (non-hydrogen) atoms. The lowest BCUT2D eigenvalue weighted by Gasteiger charge is -2.18. The van der Waals surface area contributed by atoms with Crippen LogP contribution in [0.25, 0.3) is 0 Å². The fourth-order valence-electron chi connectivity index (χ4n) is 1.43. The number of hydrogen-bond donors (Lipinski definition) is 0. The van der Waals surface area contributed by atoms with E-state index < -0.39 is 25.7 Å². The van der Waals surface area contributed by atoms with Crippen LogP contribution in [-0.2, 0) is 13.8 Å². The highest BCUT2D eigenvalue weighted by atomic mass is 79.9. The molecule has 112 valence electrons. The molecule has 1 amide bonds. The van der Waals surface area contributed by atoms with Crippen molar-refractivity contribution in [3.8, 4) is 0 Å². The Morgan fingerprint density at radius 2 is 2.10 bits per heavy atom. The van der Waals surface area contributed by atoms with Crippen molar-refractivity contribution in [2.45, 2.75) is 4.90 Å². The van der Waals surface area contributed by atoms with Crippen molar-refractivity contribution in [3.63, 3.8) is 0 Å². The number of benzene rings is 1. The number of ether oxygens (including phenoxy) is 1. The van der Waals surface area contributed by atoms with E-state index in [1.165, 1.54) is 19.1 Å². The first-order valence-electron chi connectivity index (χ1n) is 5.36. The standard InChI is InChI=1S/C11H12BrClFNO4S/c1-15(3-4-19-2)11(16)8-5-7(14)6-9(10(8)12)20(13,17)18/h5-6H,3-4H2,1-2H3. The van der Waals surface area contributed by atoms with E-state index in [-0.39, 0.29) is 16.6 Å². The molecule has 0 atom stereocenters. The molecule has 1 aromatic rings. The molecule has 0 aliphatic rings. The van der Waals surface area contributed by atoms with Gasteiger partial charge in [-0.25, -0.2) is 12.8 Å². The van der Waals surface area contributed by atoms with Gasteiger partial charge in [-0.2, -0.15) is 0 Å². The molecule has 0 spiro atoms. The molecule has 5 nitrogen and oxygen atoms in total. The molecule has 0 heterocycles. The largest absolute Gasteiger partial charge is 0.383 e. The summed E-state index contributed by atoms with van der Waals surface area (Å²) in [5, 5.41) is 0. The van der Waals surface area contributed by atoms with Crippen LogP contribution in [0.1, 0.15) is 10.4 Å². The molecule has 0 N–H and O–H groups in total. The summed E-state index contributed by atoms with van der Waals surface area (Å²) in [5.41, 5.74) is -0.122. The van der Waals surface area contributed by atoms with Gasteiger partial charge in [-0.05, 0) is 28.1 Å². The molecule has 9 heteroatoms. The molecule has 0 aromatic heterocycles. The Hall–Kier alpha value is -0.700. The van der Waals surface area contributed by atoms with Crippen molar-refractivity contribution in [3.05, 3.63) is 28.0 Å². The number of nitrogens with zero attached hydrogens (tertiary/aromatic N) is 1. The van der Waals surface area contributed by atoms with Crippen molar-refractivity contribution < 1.29 is 22.3 Å². The summed E-state index contributed by atoms with van der Waals surface area (Å²) in [6, 6.07) is 1.69. The normalized spacial score (nSPS) is 11.4. The third-order valence-electron chi connectivity index (χ3n) is 2.47. The number of hydrogen-bond acceptors (Lipinski definition) is 4. The van der Waals surface area contributed by atoms with Gasteiger partial charge in [0.15, 0.2) is 0 Å². The van der Waals surface area contributed by atoms with Crippen LogP contribution in [0.2, 0.25) is 0 Å². The van der Waals surface area contributed by atoms with Crippen LogP contribution >= 0.6 is 26.6 Å². The highest BCUT2D eigenvalue weighted by molar-refractivity contribution is 9.10. The second-order valence-corrected chi connectivity index (χ2v) is 7.25. The molecule has 0 fully saturated rings. The predicted molar refractivity (Wildman–Crippen MR) is 76.0 cm³/mol. The highest BCUT2D eigenvalue weighted by Crippen LogP contribution is 2.30. The summed E-state index contributed by atoms with van der Waals surface area (Å²) in [4.78, 5) is 12.9. The monoisotopic (exact) mass is 387 g/mol. The summed E-state index contributed by atoms with van der Waals surface area (Å²) >= 11 is 2.98. The Labute approximate surface area is 129 Å². The van der Waals surface area contributed by atoms with Crippen LogP contribution in [0, 0.1) is 5.82 Å². The average molecular weight is 389 g/mol. The van der Waals surface area contributed by atoms with E-state index in [9.17, 15) is 17.6 Å². The maximum atomic E-state index is 13.5. The Morgan fingerprint density at radius 3 is 2.60 bits per heavy atom. The van der Waals surface area contributed by atoms with E-state index in [1.54, 1.807) is 0 Å². The lowest BCUT2D eigenvalue weighted by Crippen LogP contribution is -2.30. The van der Waals surface area contributed by atoms with Gasteiger partial charge in [0.25, 0.3) is 15.0 Å². The number of likely N-dealkylation sites (N-methyl/N-ethyl adjacent to an activating group) is 1. The van der Waals surface area contributed by atoms with E-state index in [0.29, 0.717) is 6.61 Å². The lowest BCUT2D eigenvalue weighted by molar-refractivity contribution is 0.0742. The molecule has 0 saturated carbocycles. The van der Waals surface area contributed by atoms with Gasteiger partial charge in [0.1, 0.15) is 10.7 Å². The molecule has 0 unspecified atom stereocenters. The number of halogens is 3. The summed E-state index contributed by atoms with van der Waals surface area (Å²) in [6.45, 7) is 0.580. The topological polar surface area (TPSA) is 63.7 Å². The molecule has 0 radical (unpaired) electrons. The average Bonchev–Trinajstić information content (AvgIpc) is 2.36. The lowest BCUT2D eigenvalue weighted by atomic mass is 10.2. The molecule has 0 aliphatic carbocycles. The number of carbonyl (C=O) groups excluding carboxylic acids is 1. The van der Waals surface area contributed by atoms with Crippen molar-refractivity contribution in [1.29, 1.82) is 0 Å². The Balaban J connectivity index is 3.26. The molecular formula is C11H12BrClFNO4S. The van der Waals surface area contributed by atoms with Crippen LogP contribution in [0.4, 0.5) is 4.39 Å². The Bertz CT molecular complexity index is 623. The van der Waals surface area contributed by atoms with Crippen LogP contribution in [0.5, 0.6) is 0 Å². The number of rotatable bonds is 5. The fraction of sp³-hybridized carbons (Fsp3) is 0.364. The maximum absolute atomic E-state index is 13.5. The Morgan fingerprint density at radius 1 is 1.50 bits per heavy atom. The first kappa shape index (κ1) is 17.4. The maximum Gasteiger partial charge on any atom is 0.262 e. The van der Waals surface area contributed by atoms with Crippen LogP contribution < -0.4 is 0 Å². The van der Waals surface area contributed by atoms with E-state index in [0.717, 1.165) is 12.1 Å². The Kier molecular flexibility index (Phi) is 5.93. The molecule has 1 aromatic carbocycles. The molecule has 1 rings (SSSR count). The third-order valence-corrected chi connectivity index (χ3v) is 4.94. The second kappa shape index (κ2) is 6.84. The zero-order chi connectivity index (χ0) is 15.5. The minimum atomic E-state index is -4.16. The number of carbonyl (C=O) groups is 1. The van der Waals surface area contributed by atoms with Crippen LogP contribution in [0.15, 0.2) is 21.5 Å². The quantitative estimate of drug-likeness (QED) is 0.726. The van der Waals surface area contributed by atoms with Crippen LogP contribution in [-0.4, -0.2) is 46.5 Å². The minimum Gasteiger partial charge on any atom is -0.383 e. The summed E-state index contributed by atoms with van der Waals surface area (Å²) in [7, 11) is 4.02. The van der Waals surface area contributed by atoms with Crippen molar-refractivity contribution >= 4 is 41.6 Å². The SMILES string of the molecule is COCCN(C)C(=O)c1cc(F)cc(S(=O)(=O)Cl)c1Br. The summed E-state index contributed by atoms with van der Waals surface area (Å²) in [6.07, 6.45) is 0. The first-order chi connectivity index (χ1) is 9.18. The van der Waals surface area contributed by atoms with Crippen molar-refractivity contribution in [1.82, 2.24) is 4.90 Å². The smallest absolute Gasteiger partial charge is 0.262 e. The second-order valence-electron chi connectivity index (χ2n) is 3.92. The number of amides is 1. The van der Waals surface area contributed by atoms with Gasteiger partial charge in [-0.15, -0.1) is 0 Å². The van der Waals surface area contributed by atoms with E-state index in [4.69, 9.17) is 15.4 Å². The van der Waals surface area contributed by atoms with Gasteiger partial charge >= 0.3 is 0 Å². The van der Waals surface area contributed by atoms with Gasteiger partial charge in [-0.3, -0.25) is 4.79 Å². The highest BCUT2D eigenvalue weighted by Gasteiger charge is 2.24. The molecule has 0 aliphatic heterocycles. The zero-order valence-electron chi connectivity index (χ0n) is 10.7. The van der Waals surface area contributed by atoms with E-state index in [2.05, 4.69) is 15.9 Å². The molecule has 0 bridgehead atoms. The predicted octanol–water partition coefficient (Wildman–Crippen LogP) is 2.23. The van der Waals surface area contributed by atoms with E-state index in [1.807, 2.05) is 0 Å². The van der Waals surface area contributed by atoms with E-state index >= 15 is 0 Å². The third kappa shape index (κ3) is 4.15. The molecular weight excluding hydrogens is 377 g/mol. The fourth-order valence-corrected chi connectivity index (χ4v) is 3.69. The minimum absolute atomic E-state index is 0.0665. The van der Waals surface area contributed by atoms with Crippen LogP contribution in [0.3, 0.4) is 0 Å².